The van der Waals surface area contributed by atoms with Gasteiger partial charge in [-0.3, -0.25) is 0 Å². The Bertz CT molecular complexity index is 199. The molecule has 0 aliphatic heterocycles. The molecule has 1 heteroatoms. The molecular formula is C11H19N. The molecule has 0 spiro atoms. The fraction of sp³-hybridized carbons (Fsp3) is 0.455. The smallest absolute Gasteiger partial charge is 0.0329 e. The van der Waals surface area contributed by atoms with E-state index in [1.165, 1.54) is 5.57 Å². The minimum absolute atomic E-state index is 1.03. The van der Waals surface area contributed by atoms with E-state index in [0.29, 0.717) is 0 Å². The number of hydrogen-bond acceptors (Lipinski definition) is 1. The van der Waals surface area contributed by atoms with Gasteiger partial charge in [0.2, 0.25) is 0 Å². The van der Waals surface area contributed by atoms with Crippen LogP contribution in [-0.4, -0.2) is 11.9 Å². The van der Waals surface area contributed by atoms with E-state index in [4.69, 9.17) is 0 Å². The molecule has 0 aromatic carbocycles. The Hall–Kier alpha value is -0.980. The zero-order valence-electron chi connectivity index (χ0n) is 8.59. The summed E-state index contributed by atoms with van der Waals surface area (Å²) in [6.45, 7) is 10.2. The number of nitrogens with zero attached hydrogens (tertiary/aromatic N) is 1. The van der Waals surface area contributed by atoms with Gasteiger partial charge in [-0.05, 0) is 32.5 Å². The Kier molecular flexibility index (Phi) is 5.18. The summed E-state index contributed by atoms with van der Waals surface area (Å²) in [4.78, 5) is 2.01. The largest absolute Gasteiger partial charge is 0.352 e. The van der Waals surface area contributed by atoms with E-state index in [0.717, 1.165) is 12.1 Å². The van der Waals surface area contributed by atoms with Crippen LogP contribution in [-0.2, 0) is 0 Å². The maximum Gasteiger partial charge on any atom is 0.0329 e. The van der Waals surface area contributed by atoms with Crippen molar-refractivity contribution in [2.24, 2.45) is 0 Å². The van der Waals surface area contributed by atoms with E-state index in [9.17, 15) is 0 Å². The first-order valence-corrected chi connectivity index (χ1v) is 4.33. The van der Waals surface area contributed by atoms with Gasteiger partial charge in [0, 0.05) is 12.7 Å². The molecule has 0 heterocycles. The first kappa shape index (κ1) is 11.0. The highest BCUT2D eigenvalue weighted by Gasteiger charge is 1.93. The third-order valence-electron chi connectivity index (χ3n) is 1.80. The third-order valence-corrected chi connectivity index (χ3v) is 1.80. The van der Waals surface area contributed by atoms with E-state index in [1.807, 2.05) is 31.1 Å². The van der Waals surface area contributed by atoms with E-state index in [2.05, 4.69) is 26.5 Å². The summed E-state index contributed by atoms with van der Waals surface area (Å²) >= 11 is 0. The molecule has 0 unspecified atom stereocenters. The van der Waals surface area contributed by atoms with Crippen molar-refractivity contribution in [3.8, 4) is 0 Å². The summed E-state index contributed by atoms with van der Waals surface area (Å²) in [5.41, 5.74) is 2.39. The molecule has 1 nitrogen and oxygen atoms in total. The van der Waals surface area contributed by atoms with Gasteiger partial charge in [-0.1, -0.05) is 25.2 Å². The molecule has 0 saturated heterocycles. The van der Waals surface area contributed by atoms with Gasteiger partial charge in [0.25, 0.3) is 0 Å². The normalized spacial score (nSPS) is 12.2. The van der Waals surface area contributed by atoms with Gasteiger partial charge in [-0.2, -0.15) is 0 Å². The van der Waals surface area contributed by atoms with Crippen LogP contribution in [0.3, 0.4) is 0 Å². The van der Waals surface area contributed by atoms with Crippen LogP contribution < -0.4 is 0 Å². The Labute approximate surface area is 76.1 Å². The van der Waals surface area contributed by atoms with Crippen molar-refractivity contribution in [2.75, 3.05) is 7.05 Å². The molecule has 68 valence electrons. The van der Waals surface area contributed by atoms with Gasteiger partial charge >= 0.3 is 0 Å². The second-order valence-electron chi connectivity index (χ2n) is 2.93. The summed E-state index contributed by atoms with van der Waals surface area (Å²) in [6, 6.07) is 0. The maximum absolute atomic E-state index is 3.96. The lowest BCUT2D eigenvalue weighted by molar-refractivity contribution is 0.589. The first-order valence-electron chi connectivity index (χ1n) is 4.33. The molecule has 0 aromatic heterocycles. The van der Waals surface area contributed by atoms with Gasteiger partial charge in [-0.25, -0.2) is 0 Å². The highest BCUT2D eigenvalue weighted by molar-refractivity contribution is 5.19. The number of likely N-dealkylation sites (N-methyl/N-ethyl adjacent to an activating group) is 1. The van der Waals surface area contributed by atoms with E-state index >= 15 is 0 Å². The molecule has 0 saturated carbocycles. The molecule has 0 N–H and O–H groups in total. The predicted octanol–water partition coefficient (Wildman–Crippen LogP) is 3.32. The van der Waals surface area contributed by atoms with Crippen LogP contribution in [0.5, 0.6) is 0 Å². The Balaban J connectivity index is 4.21. The third kappa shape index (κ3) is 4.02. The summed E-state index contributed by atoms with van der Waals surface area (Å²) in [5.74, 6) is 0. The molecule has 0 amide bonds. The van der Waals surface area contributed by atoms with Crippen LogP contribution in [0.25, 0.3) is 0 Å². The van der Waals surface area contributed by atoms with Gasteiger partial charge in [0.15, 0.2) is 0 Å². The van der Waals surface area contributed by atoms with Crippen LogP contribution in [0.15, 0.2) is 36.2 Å². The van der Waals surface area contributed by atoms with Gasteiger partial charge in [0.1, 0.15) is 0 Å². The average Bonchev–Trinajstić information content (AvgIpc) is 2.04. The van der Waals surface area contributed by atoms with Crippen molar-refractivity contribution >= 4 is 0 Å². The van der Waals surface area contributed by atoms with Crippen molar-refractivity contribution in [1.29, 1.82) is 0 Å². The molecule has 0 rings (SSSR count). The van der Waals surface area contributed by atoms with Gasteiger partial charge in [0.05, 0.1) is 0 Å². The highest BCUT2D eigenvalue weighted by Crippen LogP contribution is 2.07. The topological polar surface area (TPSA) is 3.24 Å². The van der Waals surface area contributed by atoms with Crippen molar-refractivity contribution in [2.45, 2.75) is 27.2 Å². The van der Waals surface area contributed by atoms with Crippen LogP contribution in [0, 0.1) is 0 Å². The Morgan fingerprint density at radius 2 is 2.08 bits per heavy atom. The lowest BCUT2D eigenvalue weighted by atomic mass is 10.2. The van der Waals surface area contributed by atoms with Crippen molar-refractivity contribution in [3.05, 3.63) is 36.2 Å². The zero-order valence-corrected chi connectivity index (χ0v) is 8.59. The van der Waals surface area contributed by atoms with Crippen LogP contribution >= 0.6 is 0 Å². The number of allylic oxidation sites excluding steroid dienone is 3. The van der Waals surface area contributed by atoms with Gasteiger partial charge in [-0.15, -0.1) is 0 Å². The SMILES string of the molecule is C=C(/C=C(\C)CC)N(C)/C=C/C. The lowest BCUT2D eigenvalue weighted by Crippen LogP contribution is -2.06. The summed E-state index contributed by atoms with van der Waals surface area (Å²) in [7, 11) is 2.00. The fourth-order valence-corrected chi connectivity index (χ4v) is 0.808. The fourth-order valence-electron chi connectivity index (χ4n) is 0.808. The first-order chi connectivity index (χ1) is 5.61. The minimum Gasteiger partial charge on any atom is -0.352 e. The molecule has 0 aliphatic rings. The molecule has 0 radical (unpaired) electrons. The summed E-state index contributed by atoms with van der Waals surface area (Å²) < 4.78 is 0. The molecule has 0 aromatic rings. The second-order valence-corrected chi connectivity index (χ2v) is 2.93. The van der Waals surface area contributed by atoms with Crippen LogP contribution in [0.1, 0.15) is 27.2 Å². The second kappa shape index (κ2) is 5.64. The van der Waals surface area contributed by atoms with Crippen LogP contribution in [0.2, 0.25) is 0 Å². The highest BCUT2D eigenvalue weighted by atomic mass is 15.1. The van der Waals surface area contributed by atoms with Crippen molar-refractivity contribution in [1.82, 2.24) is 4.90 Å². The molecule has 0 atom stereocenters. The minimum atomic E-state index is 1.03. The molecular weight excluding hydrogens is 146 g/mol. The van der Waals surface area contributed by atoms with Crippen molar-refractivity contribution in [3.63, 3.8) is 0 Å². The van der Waals surface area contributed by atoms with Gasteiger partial charge < -0.3 is 4.90 Å². The molecule has 12 heavy (non-hydrogen) atoms. The molecule has 0 bridgehead atoms. The van der Waals surface area contributed by atoms with E-state index < -0.39 is 0 Å². The van der Waals surface area contributed by atoms with Crippen molar-refractivity contribution < 1.29 is 0 Å². The van der Waals surface area contributed by atoms with E-state index in [-0.39, 0.29) is 0 Å². The average molecular weight is 165 g/mol. The standard InChI is InChI=1S/C11H19N/c1-6-8-12(5)11(4)9-10(3)7-2/h6,8-9H,4,7H2,1-3,5H3/b8-6+,10-9+. The number of rotatable bonds is 4. The molecule has 0 fully saturated rings. The van der Waals surface area contributed by atoms with E-state index in [1.54, 1.807) is 0 Å². The summed E-state index contributed by atoms with van der Waals surface area (Å²) in [6.07, 6.45) is 7.20. The maximum atomic E-state index is 3.96. The van der Waals surface area contributed by atoms with Crippen LogP contribution in [0.4, 0.5) is 0 Å². The zero-order chi connectivity index (χ0) is 9.56. The lowest BCUT2D eigenvalue weighted by Gasteiger charge is -2.14. The summed E-state index contributed by atoms with van der Waals surface area (Å²) in [5, 5.41) is 0. The molecule has 0 aliphatic carbocycles. The Morgan fingerprint density at radius 1 is 1.50 bits per heavy atom. The monoisotopic (exact) mass is 165 g/mol. The predicted molar refractivity (Wildman–Crippen MR) is 55.8 cm³/mol. The quantitative estimate of drug-likeness (QED) is 0.578. The Morgan fingerprint density at radius 3 is 2.50 bits per heavy atom. The number of hydrogen-bond donors (Lipinski definition) is 0.